The van der Waals surface area contributed by atoms with E-state index in [9.17, 15) is 0 Å². The Hall–Kier alpha value is -0.120. The fraction of sp³-hybridized carbons (Fsp3) is 1.00. The third kappa shape index (κ3) is 10.2. The lowest BCUT2D eigenvalue weighted by molar-refractivity contribution is -0.147. The third-order valence-corrected chi connectivity index (χ3v) is 2.18. The molecular weight excluding hydrogens is 192 g/mol. The maximum Gasteiger partial charge on any atom is 0.157 e. The Morgan fingerprint density at radius 2 is 1.60 bits per heavy atom. The van der Waals surface area contributed by atoms with Gasteiger partial charge in [0, 0.05) is 19.8 Å². The fourth-order valence-electron chi connectivity index (χ4n) is 1.24. The summed E-state index contributed by atoms with van der Waals surface area (Å²) in [6.07, 6.45) is 5.98. The highest BCUT2D eigenvalue weighted by Crippen LogP contribution is 2.06. The lowest BCUT2D eigenvalue weighted by atomic mass is 10.3. The molecule has 0 aliphatic carbocycles. The molecule has 3 heteroatoms. The van der Waals surface area contributed by atoms with Crippen LogP contribution in [-0.4, -0.2) is 31.2 Å². The van der Waals surface area contributed by atoms with Gasteiger partial charge >= 0.3 is 0 Å². The van der Waals surface area contributed by atoms with Crippen LogP contribution in [0.25, 0.3) is 0 Å². The number of rotatable bonds is 11. The van der Waals surface area contributed by atoms with Crippen LogP contribution in [0.4, 0.5) is 0 Å². The smallest absolute Gasteiger partial charge is 0.157 e. The van der Waals surface area contributed by atoms with Crippen LogP contribution in [0.15, 0.2) is 0 Å². The molecule has 1 N–H and O–H groups in total. The topological polar surface area (TPSA) is 38.7 Å². The number of aliphatic hydroxyl groups excluding tert-OH is 1. The predicted molar refractivity (Wildman–Crippen MR) is 61.8 cm³/mol. The Balaban J connectivity index is 3.44. The quantitative estimate of drug-likeness (QED) is 0.428. The molecule has 0 aromatic rings. The van der Waals surface area contributed by atoms with Gasteiger partial charge in [-0.1, -0.05) is 26.7 Å². The molecule has 15 heavy (non-hydrogen) atoms. The van der Waals surface area contributed by atoms with Crippen molar-refractivity contribution >= 4 is 0 Å². The van der Waals surface area contributed by atoms with Gasteiger partial charge in [0.15, 0.2) is 6.29 Å². The highest BCUT2D eigenvalue weighted by atomic mass is 16.7. The van der Waals surface area contributed by atoms with Crippen LogP contribution >= 0.6 is 0 Å². The Kier molecular flexibility index (Phi) is 11.9. The molecule has 0 aliphatic heterocycles. The zero-order chi connectivity index (χ0) is 11.4. The largest absolute Gasteiger partial charge is 0.396 e. The molecule has 0 bridgehead atoms. The van der Waals surface area contributed by atoms with Crippen molar-refractivity contribution in [2.75, 3.05) is 19.8 Å². The van der Waals surface area contributed by atoms with Gasteiger partial charge in [-0.2, -0.15) is 0 Å². The van der Waals surface area contributed by atoms with E-state index in [0.717, 1.165) is 45.1 Å². The van der Waals surface area contributed by atoms with E-state index in [-0.39, 0.29) is 12.9 Å². The first-order valence-corrected chi connectivity index (χ1v) is 6.19. The third-order valence-electron chi connectivity index (χ3n) is 2.18. The maximum absolute atomic E-state index is 8.62. The molecule has 0 aromatic carbocycles. The predicted octanol–water partition coefficient (Wildman–Crippen LogP) is 2.72. The number of hydrogen-bond acceptors (Lipinski definition) is 3. The van der Waals surface area contributed by atoms with E-state index in [1.807, 2.05) is 0 Å². The Morgan fingerprint density at radius 1 is 0.933 bits per heavy atom. The molecule has 0 amide bonds. The molecule has 0 spiro atoms. The molecule has 1 atom stereocenters. The molecule has 92 valence electrons. The van der Waals surface area contributed by atoms with Crippen LogP contribution in [0, 0.1) is 0 Å². The average Bonchev–Trinajstić information content (AvgIpc) is 2.24. The van der Waals surface area contributed by atoms with Crippen LogP contribution in [0.1, 0.15) is 52.4 Å². The van der Waals surface area contributed by atoms with Gasteiger partial charge in [-0.25, -0.2) is 0 Å². The monoisotopic (exact) mass is 218 g/mol. The van der Waals surface area contributed by atoms with Crippen LogP contribution < -0.4 is 0 Å². The van der Waals surface area contributed by atoms with Gasteiger partial charge in [0.05, 0.1) is 0 Å². The van der Waals surface area contributed by atoms with Crippen molar-refractivity contribution in [3.05, 3.63) is 0 Å². The Morgan fingerprint density at radius 3 is 2.13 bits per heavy atom. The Bertz CT molecular complexity index is 117. The molecule has 1 unspecified atom stereocenters. The lowest BCUT2D eigenvalue weighted by Gasteiger charge is -2.17. The van der Waals surface area contributed by atoms with Gasteiger partial charge in [0.25, 0.3) is 0 Å². The van der Waals surface area contributed by atoms with E-state index < -0.39 is 0 Å². The number of unbranched alkanes of at least 4 members (excludes halogenated alkanes) is 2. The summed E-state index contributed by atoms with van der Waals surface area (Å²) in [6, 6.07) is 0. The minimum Gasteiger partial charge on any atom is -0.396 e. The normalized spacial score (nSPS) is 13.0. The summed E-state index contributed by atoms with van der Waals surface area (Å²) in [7, 11) is 0. The Labute approximate surface area is 93.8 Å². The molecule has 3 nitrogen and oxygen atoms in total. The van der Waals surface area contributed by atoms with Gasteiger partial charge in [-0.3, -0.25) is 0 Å². The molecule has 0 saturated heterocycles. The van der Waals surface area contributed by atoms with Gasteiger partial charge in [-0.15, -0.1) is 0 Å². The van der Waals surface area contributed by atoms with E-state index >= 15 is 0 Å². The number of hydrogen-bond donors (Lipinski definition) is 1. The molecule has 0 aliphatic rings. The summed E-state index contributed by atoms with van der Waals surface area (Å²) in [6.45, 7) is 6.02. The molecule has 0 rings (SSSR count). The molecule has 0 aromatic heterocycles. The summed E-state index contributed by atoms with van der Waals surface area (Å²) in [5.41, 5.74) is 0. The van der Waals surface area contributed by atoms with Crippen LogP contribution in [0.2, 0.25) is 0 Å². The number of aliphatic hydroxyl groups is 1. The summed E-state index contributed by atoms with van der Waals surface area (Å²) in [4.78, 5) is 0. The van der Waals surface area contributed by atoms with Gasteiger partial charge in [-0.05, 0) is 25.7 Å². The SMILES string of the molecule is CCCCOC(CCC)OCCCCO. The summed E-state index contributed by atoms with van der Waals surface area (Å²) >= 11 is 0. The molecular formula is C12H26O3. The van der Waals surface area contributed by atoms with E-state index in [1.165, 1.54) is 0 Å². The average molecular weight is 218 g/mol. The zero-order valence-corrected chi connectivity index (χ0v) is 10.2. The van der Waals surface area contributed by atoms with Crippen molar-refractivity contribution < 1.29 is 14.6 Å². The van der Waals surface area contributed by atoms with Crippen molar-refractivity contribution in [3.8, 4) is 0 Å². The zero-order valence-electron chi connectivity index (χ0n) is 10.2. The summed E-state index contributed by atoms with van der Waals surface area (Å²) in [5.74, 6) is 0. The first-order valence-electron chi connectivity index (χ1n) is 6.19. The van der Waals surface area contributed by atoms with E-state index in [0.29, 0.717) is 6.61 Å². The minimum absolute atomic E-state index is 0.0414. The van der Waals surface area contributed by atoms with E-state index in [4.69, 9.17) is 14.6 Å². The van der Waals surface area contributed by atoms with Crippen LogP contribution in [-0.2, 0) is 9.47 Å². The first-order chi connectivity index (χ1) is 7.35. The standard InChI is InChI=1S/C12H26O3/c1-3-5-10-14-12(8-4-2)15-11-7-6-9-13/h12-13H,3-11H2,1-2H3. The van der Waals surface area contributed by atoms with Gasteiger partial charge in [0.2, 0.25) is 0 Å². The van der Waals surface area contributed by atoms with Crippen molar-refractivity contribution in [1.82, 2.24) is 0 Å². The van der Waals surface area contributed by atoms with Crippen molar-refractivity contribution in [2.45, 2.75) is 58.7 Å². The highest BCUT2D eigenvalue weighted by Gasteiger charge is 2.07. The molecule has 0 radical (unpaired) electrons. The molecule has 0 saturated carbocycles. The second-order valence-corrected chi connectivity index (χ2v) is 3.74. The van der Waals surface area contributed by atoms with Crippen molar-refractivity contribution in [3.63, 3.8) is 0 Å². The maximum atomic E-state index is 8.62. The number of ether oxygens (including phenoxy) is 2. The summed E-state index contributed by atoms with van der Waals surface area (Å²) in [5, 5.41) is 8.62. The van der Waals surface area contributed by atoms with Crippen LogP contribution in [0.3, 0.4) is 0 Å². The summed E-state index contributed by atoms with van der Waals surface area (Å²) < 4.78 is 11.2. The minimum atomic E-state index is -0.0414. The highest BCUT2D eigenvalue weighted by molar-refractivity contribution is 4.46. The first kappa shape index (κ1) is 14.9. The van der Waals surface area contributed by atoms with E-state index in [2.05, 4.69) is 13.8 Å². The van der Waals surface area contributed by atoms with Crippen molar-refractivity contribution in [1.29, 1.82) is 0 Å². The lowest BCUT2D eigenvalue weighted by Crippen LogP contribution is -2.18. The van der Waals surface area contributed by atoms with Gasteiger partial charge in [0.1, 0.15) is 0 Å². The van der Waals surface area contributed by atoms with E-state index in [1.54, 1.807) is 0 Å². The van der Waals surface area contributed by atoms with Crippen LogP contribution in [0.5, 0.6) is 0 Å². The van der Waals surface area contributed by atoms with Gasteiger partial charge < -0.3 is 14.6 Å². The second-order valence-electron chi connectivity index (χ2n) is 3.74. The fourth-order valence-corrected chi connectivity index (χ4v) is 1.24. The second kappa shape index (κ2) is 12.0. The van der Waals surface area contributed by atoms with Crippen molar-refractivity contribution in [2.24, 2.45) is 0 Å². The molecule has 0 fully saturated rings. The molecule has 0 heterocycles.